The van der Waals surface area contributed by atoms with Gasteiger partial charge in [0, 0.05) is 29.6 Å². The largest absolute Gasteiger partial charge is 0.370 e. The molecule has 5 heteroatoms. The van der Waals surface area contributed by atoms with Crippen LogP contribution in [0, 0.1) is 0 Å². The summed E-state index contributed by atoms with van der Waals surface area (Å²) in [5, 5.41) is 6.93. The highest BCUT2D eigenvalue weighted by molar-refractivity contribution is 7.99. The molecule has 104 valence electrons. The Balaban J connectivity index is 1.94. The van der Waals surface area contributed by atoms with Crippen molar-refractivity contribution in [3.63, 3.8) is 0 Å². The topological polar surface area (TPSA) is 54.0 Å². The van der Waals surface area contributed by atoms with Crippen LogP contribution in [0.15, 0.2) is 18.3 Å². The molecule has 4 nitrogen and oxygen atoms in total. The van der Waals surface area contributed by atoms with Gasteiger partial charge < -0.3 is 10.6 Å². The average molecular weight is 279 g/mol. The van der Waals surface area contributed by atoms with Crippen LogP contribution in [0.4, 0.5) is 5.82 Å². The van der Waals surface area contributed by atoms with Gasteiger partial charge in [-0.05, 0) is 44.6 Å². The number of rotatable bonds is 5. The van der Waals surface area contributed by atoms with Gasteiger partial charge in [0.05, 0.1) is 0 Å². The molecule has 1 aromatic rings. The summed E-state index contributed by atoms with van der Waals surface area (Å²) in [5.74, 6) is 0.761. The van der Waals surface area contributed by atoms with Crippen molar-refractivity contribution in [2.45, 2.75) is 37.5 Å². The minimum absolute atomic E-state index is 0.00769. The second-order valence-corrected chi connectivity index (χ2v) is 5.94. The van der Waals surface area contributed by atoms with Crippen LogP contribution in [-0.2, 0) is 0 Å². The highest BCUT2D eigenvalue weighted by atomic mass is 32.2. The predicted octanol–water partition coefficient (Wildman–Crippen LogP) is 2.53. The average Bonchev–Trinajstić information content (AvgIpc) is 2.87. The minimum atomic E-state index is 0.00769. The van der Waals surface area contributed by atoms with Gasteiger partial charge in [-0.15, -0.1) is 0 Å². The summed E-state index contributed by atoms with van der Waals surface area (Å²) < 4.78 is 0. The Labute approximate surface area is 118 Å². The molecule has 2 rings (SSSR count). The molecule has 1 aliphatic carbocycles. The fourth-order valence-electron chi connectivity index (χ4n) is 2.40. The van der Waals surface area contributed by atoms with Gasteiger partial charge in [0.1, 0.15) is 5.82 Å². The van der Waals surface area contributed by atoms with E-state index in [4.69, 9.17) is 0 Å². The Kier molecular flexibility index (Phi) is 5.07. The van der Waals surface area contributed by atoms with Crippen LogP contribution < -0.4 is 10.6 Å². The summed E-state index contributed by atoms with van der Waals surface area (Å²) in [6.07, 6.45) is 7.18. The molecule has 1 fully saturated rings. The van der Waals surface area contributed by atoms with Crippen LogP contribution in [0.2, 0.25) is 0 Å². The number of nitrogens with zero attached hydrogens (tertiary/aromatic N) is 1. The normalized spacial score (nSPS) is 22.2. The molecule has 1 amide bonds. The zero-order valence-electron chi connectivity index (χ0n) is 11.5. The van der Waals surface area contributed by atoms with Crippen LogP contribution in [-0.4, -0.2) is 35.0 Å². The first kappa shape index (κ1) is 14.2. The maximum Gasteiger partial charge on any atom is 0.251 e. The number of pyridine rings is 1. The first-order valence-corrected chi connectivity index (χ1v) is 8.05. The number of anilines is 1. The molecule has 0 aromatic carbocycles. The third-order valence-electron chi connectivity index (χ3n) is 3.43. The second kappa shape index (κ2) is 6.80. The molecule has 0 bridgehead atoms. The van der Waals surface area contributed by atoms with Crippen molar-refractivity contribution >= 4 is 23.5 Å². The zero-order valence-corrected chi connectivity index (χ0v) is 12.3. The summed E-state index contributed by atoms with van der Waals surface area (Å²) in [7, 11) is 0. The van der Waals surface area contributed by atoms with Gasteiger partial charge in [0.2, 0.25) is 0 Å². The number of amides is 1. The van der Waals surface area contributed by atoms with E-state index in [2.05, 4.69) is 21.9 Å². The number of aromatic nitrogens is 1. The molecule has 2 N–H and O–H groups in total. The molecule has 1 aliphatic rings. The number of thioether (sulfide) groups is 1. The van der Waals surface area contributed by atoms with Crippen molar-refractivity contribution in [2.24, 2.45) is 0 Å². The molecule has 0 saturated heterocycles. The third-order valence-corrected chi connectivity index (χ3v) is 4.53. The first-order valence-electron chi connectivity index (χ1n) is 6.76. The Bertz CT molecular complexity index is 438. The van der Waals surface area contributed by atoms with Gasteiger partial charge in [-0.25, -0.2) is 4.98 Å². The SMILES string of the molecule is CCNc1cc(C(=O)NC2CCC(SC)C2)ccn1. The Hall–Kier alpha value is -1.23. The molecule has 2 unspecified atom stereocenters. The molecule has 0 spiro atoms. The van der Waals surface area contributed by atoms with Gasteiger partial charge in [-0.3, -0.25) is 4.79 Å². The van der Waals surface area contributed by atoms with Crippen molar-refractivity contribution in [1.29, 1.82) is 0 Å². The number of hydrogen-bond acceptors (Lipinski definition) is 4. The van der Waals surface area contributed by atoms with E-state index in [0.717, 1.165) is 25.2 Å². The number of carbonyl (C=O) groups excluding carboxylic acids is 1. The highest BCUT2D eigenvalue weighted by Gasteiger charge is 2.25. The zero-order chi connectivity index (χ0) is 13.7. The lowest BCUT2D eigenvalue weighted by Crippen LogP contribution is -2.33. The Morgan fingerprint density at radius 1 is 1.53 bits per heavy atom. The first-order chi connectivity index (χ1) is 9.22. The third kappa shape index (κ3) is 3.86. The highest BCUT2D eigenvalue weighted by Crippen LogP contribution is 2.28. The Morgan fingerprint density at radius 3 is 3.05 bits per heavy atom. The van der Waals surface area contributed by atoms with Crippen LogP contribution in [0.25, 0.3) is 0 Å². The van der Waals surface area contributed by atoms with E-state index in [-0.39, 0.29) is 5.91 Å². The monoisotopic (exact) mass is 279 g/mol. The predicted molar refractivity (Wildman–Crippen MR) is 80.8 cm³/mol. The smallest absolute Gasteiger partial charge is 0.251 e. The van der Waals surface area contributed by atoms with Crippen molar-refractivity contribution in [2.75, 3.05) is 18.1 Å². The number of nitrogens with one attached hydrogen (secondary N) is 2. The molecule has 1 heterocycles. The summed E-state index contributed by atoms with van der Waals surface area (Å²) >= 11 is 1.90. The Morgan fingerprint density at radius 2 is 2.37 bits per heavy atom. The fraction of sp³-hybridized carbons (Fsp3) is 0.571. The van der Waals surface area contributed by atoms with E-state index >= 15 is 0 Å². The molecule has 1 saturated carbocycles. The van der Waals surface area contributed by atoms with Crippen LogP contribution >= 0.6 is 11.8 Å². The summed E-state index contributed by atoms with van der Waals surface area (Å²) in [5.41, 5.74) is 0.679. The molecule has 19 heavy (non-hydrogen) atoms. The fourth-order valence-corrected chi connectivity index (χ4v) is 3.20. The van der Waals surface area contributed by atoms with Gasteiger partial charge in [0.25, 0.3) is 5.91 Å². The van der Waals surface area contributed by atoms with Gasteiger partial charge in [-0.2, -0.15) is 11.8 Å². The summed E-state index contributed by atoms with van der Waals surface area (Å²) in [4.78, 5) is 16.4. The lowest BCUT2D eigenvalue weighted by molar-refractivity contribution is 0.0938. The molecule has 0 radical (unpaired) electrons. The van der Waals surface area contributed by atoms with Crippen LogP contribution in [0.5, 0.6) is 0 Å². The van der Waals surface area contributed by atoms with E-state index in [1.165, 1.54) is 6.42 Å². The lowest BCUT2D eigenvalue weighted by atomic mass is 10.2. The van der Waals surface area contributed by atoms with Crippen molar-refractivity contribution in [3.8, 4) is 0 Å². The van der Waals surface area contributed by atoms with E-state index < -0.39 is 0 Å². The summed E-state index contributed by atoms with van der Waals surface area (Å²) in [6, 6.07) is 3.89. The van der Waals surface area contributed by atoms with Gasteiger partial charge in [-0.1, -0.05) is 0 Å². The maximum absolute atomic E-state index is 12.2. The minimum Gasteiger partial charge on any atom is -0.370 e. The second-order valence-electron chi connectivity index (χ2n) is 4.80. The van der Waals surface area contributed by atoms with E-state index in [1.807, 2.05) is 18.7 Å². The quantitative estimate of drug-likeness (QED) is 0.869. The summed E-state index contributed by atoms with van der Waals surface area (Å²) in [6.45, 7) is 2.81. The number of carbonyl (C=O) groups is 1. The number of hydrogen-bond donors (Lipinski definition) is 2. The van der Waals surface area contributed by atoms with Gasteiger partial charge >= 0.3 is 0 Å². The lowest BCUT2D eigenvalue weighted by Gasteiger charge is -2.13. The van der Waals surface area contributed by atoms with E-state index in [9.17, 15) is 4.79 Å². The van der Waals surface area contributed by atoms with E-state index in [0.29, 0.717) is 16.9 Å². The van der Waals surface area contributed by atoms with Crippen LogP contribution in [0.1, 0.15) is 36.5 Å². The van der Waals surface area contributed by atoms with Crippen molar-refractivity contribution < 1.29 is 4.79 Å². The molecule has 2 atom stereocenters. The van der Waals surface area contributed by atoms with Crippen molar-refractivity contribution in [3.05, 3.63) is 23.9 Å². The molecular formula is C14H21N3OS. The molecule has 0 aliphatic heterocycles. The van der Waals surface area contributed by atoms with Crippen LogP contribution in [0.3, 0.4) is 0 Å². The van der Waals surface area contributed by atoms with Crippen molar-refractivity contribution in [1.82, 2.24) is 10.3 Å². The van der Waals surface area contributed by atoms with Gasteiger partial charge in [0.15, 0.2) is 0 Å². The molecular weight excluding hydrogens is 258 g/mol. The molecule has 1 aromatic heterocycles. The maximum atomic E-state index is 12.2. The standard InChI is InChI=1S/C14H21N3OS/c1-3-15-13-8-10(6-7-16-13)14(18)17-11-4-5-12(9-11)19-2/h6-8,11-12H,3-5,9H2,1-2H3,(H,15,16)(H,17,18). The van der Waals surface area contributed by atoms with E-state index in [1.54, 1.807) is 18.3 Å².